The van der Waals surface area contributed by atoms with Crippen molar-refractivity contribution in [2.75, 3.05) is 11.9 Å². The zero-order valence-electron chi connectivity index (χ0n) is 7.60. The highest BCUT2D eigenvalue weighted by molar-refractivity contribution is 6.31. The van der Waals surface area contributed by atoms with E-state index in [0.29, 0.717) is 12.6 Å². The van der Waals surface area contributed by atoms with Crippen molar-refractivity contribution in [1.82, 2.24) is 0 Å². The summed E-state index contributed by atoms with van der Waals surface area (Å²) in [6.45, 7) is 2.71. The van der Waals surface area contributed by atoms with Crippen molar-refractivity contribution in [2.24, 2.45) is 5.73 Å². The van der Waals surface area contributed by atoms with Gasteiger partial charge in [-0.1, -0.05) is 17.7 Å². The first-order chi connectivity index (χ1) is 6.22. The summed E-state index contributed by atoms with van der Waals surface area (Å²) in [6, 6.07) is 4.41. The van der Waals surface area contributed by atoms with E-state index in [2.05, 4.69) is 11.4 Å². The molecule has 1 unspecified atom stereocenters. The Morgan fingerprint density at radius 2 is 2.38 bits per heavy atom. The van der Waals surface area contributed by atoms with Crippen LogP contribution in [0.4, 0.5) is 5.69 Å². The van der Waals surface area contributed by atoms with Gasteiger partial charge in [-0.15, -0.1) is 0 Å². The zero-order chi connectivity index (χ0) is 9.42. The molecule has 1 atom stereocenters. The highest BCUT2D eigenvalue weighted by Gasteiger charge is 2.21. The van der Waals surface area contributed by atoms with Gasteiger partial charge in [-0.2, -0.15) is 0 Å². The van der Waals surface area contributed by atoms with Gasteiger partial charge < -0.3 is 11.1 Å². The van der Waals surface area contributed by atoms with E-state index < -0.39 is 0 Å². The van der Waals surface area contributed by atoms with Crippen LogP contribution in [0.2, 0.25) is 5.02 Å². The summed E-state index contributed by atoms with van der Waals surface area (Å²) in [4.78, 5) is 0. The average molecular weight is 197 g/mol. The van der Waals surface area contributed by atoms with Crippen molar-refractivity contribution in [3.8, 4) is 0 Å². The van der Waals surface area contributed by atoms with Gasteiger partial charge in [-0.05, 0) is 30.5 Å². The number of anilines is 1. The lowest BCUT2D eigenvalue weighted by molar-refractivity contribution is 0.760. The Morgan fingerprint density at radius 3 is 3.08 bits per heavy atom. The summed E-state index contributed by atoms with van der Waals surface area (Å²) < 4.78 is 0. The molecule has 70 valence electrons. The lowest BCUT2D eigenvalue weighted by Gasteiger charge is -2.09. The summed E-state index contributed by atoms with van der Waals surface area (Å²) in [5, 5.41) is 4.21. The molecule has 0 radical (unpaired) electrons. The van der Waals surface area contributed by atoms with Crippen LogP contribution >= 0.6 is 11.6 Å². The molecule has 2 rings (SSSR count). The molecule has 3 N–H and O–H groups in total. The Hall–Kier alpha value is -0.730. The molecule has 0 saturated heterocycles. The standard InChI is InChI=1S/C10H13ClN2/c1-6-9(11)3-2-7-4-8(5-12)13-10(6)7/h2-3,8,13H,4-5,12H2,1H3. The van der Waals surface area contributed by atoms with Crippen LogP contribution in [-0.4, -0.2) is 12.6 Å². The van der Waals surface area contributed by atoms with Gasteiger partial charge in [0.1, 0.15) is 0 Å². The minimum absolute atomic E-state index is 0.382. The average Bonchev–Trinajstić information content (AvgIpc) is 2.55. The van der Waals surface area contributed by atoms with Crippen LogP contribution in [0.25, 0.3) is 0 Å². The Balaban J connectivity index is 2.40. The molecule has 0 saturated carbocycles. The molecule has 0 fully saturated rings. The van der Waals surface area contributed by atoms with Crippen LogP contribution in [0.5, 0.6) is 0 Å². The number of fused-ring (bicyclic) bond motifs is 1. The third-order valence-corrected chi connectivity index (χ3v) is 2.99. The molecule has 0 aromatic heterocycles. The molecule has 1 aliphatic heterocycles. The number of hydrogen-bond acceptors (Lipinski definition) is 2. The minimum atomic E-state index is 0.382. The fraction of sp³-hybridized carbons (Fsp3) is 0.400. The predicted octanol–water partition coefficient (Wildman–Crippen LogP) is 1.94. The van der Waals surface area contributed by atoms with Crippen molar-refractivity contribution in [3.05, 3.63) is 28.3 Å². The quantitative estimate of drug-likeness (QED) is 0.721. The van der Waals surface area contributed by atoms with Crippen LogP contribution < -0.4 is 11.1 Å². The van der Waals surface area contributed by atoms with Crippen molar-refractivity contribution in [3.63, 3.8) is 0 Å². The molecule has 0 bridgehead atoms. The number of rotatable bonds is 1. The van der Waals surface area contributed by atoms with Gasteiger partial charge in [0.05, 0.1) is 0 Å². The maximum absolute atomic E-state index is 6.01. The molecule has 0 spiro atoms. The number of halogens is 1. The number of benzene rings is 1. The monoisotopic (exact) mass is 196 g/mol. The van der Waals surface area contributed by atoms with Crippen molar-refractivity contribution in [1.29, 1.82) is 0 Å². The van der Waals surface area contributed by atoms with Gasteiger partial charge in [0.15, 0.2) is 0 Å². The molecule has 1 aromatic rings. The van der Waals surface area contributed by atoms with E-state index in [1.54, 1.807) is 0 Å². The summed E-state index contributed by atoms with van der Waals surface area (Å²) in [5.74, 6) is 0. The lowest BCUT2D eigenvalue weighted by atomic mass is 10.1. The van der Waals surface area contributed by atoms with Crippen LogP contribution in [0.3, 0.4) is 0 Å². The van der Waals surface area contributed by atoms with Crippen molar-refractivity contribution < 1.29 is 0 Å². The second-order valence-corrected chi connectivity index (χ2v) is 3.89. The van der Waals surface area contributed by atoms with Gasteiger partial charge >= 0.3 is 0 Å². The molecule has 1 heterocycles. The van der Waals surface area contributed by atoms with E-state index in [9.17, 15) is 0 Å². The fourth-order valence-electron chi connectivity index (χ4n) is 1.78. The maximum Gasteiger partial charge on any atom is 0.0455 e. The van der Waals surface area contributed by atoms with Gasteiger partial charge in [0, 0.05) is 23.3 Å². The lowest BCUT2D eigenvalue weighted by Crippen LogP contribution is -2.25. The van der Waals surface area contributed by atoms with E-state index in [-0.39, 0.29) is 0 Å². The summed E-state index contributed by atoms with van der Waals surface area (Å²) in [6.07, 6.45) is 1.02. The van der Waals surface area contributed by atoms with E-state index in [4.69, 9.17) is 17.3 Å². The van der Waals surface area contributed by atoms with Gasteiger partial charge in [-0.3, -0.25) is 0 Å². The highest BCUT2D eigenvalue weighted by Crippen LogP contribution is 2.33. The normalized spacial score (nSPS) is 19.8. The van der Waals surface area contributed by atoms with Gasteiger partial charge in [0.2, 0.25) is 0 Å². The molecule has 1 aromatic carbocycles. The van der Waals surface area contributed by atoms with Gasteiger partial charge in [-0.25, -0.2) is 0 Å². The van der Waals surface area contributed by atoms with Crippen LogP contribution in [0.1, 0.15) is 11.1 Å². The first-order valence-electron chi connectivity index (χ1n) is 4.47. The van der Waals surface area contributed by atoms with Gasteiger partial charge in [0.25, 0.3) is 0 Å². The first-order valence-corrected chi connectivity index (χ1v) is 4.84. The molecule has 0 amide bonds. The molecule has 13 heavy (non-hydrogen) atoms. The van der Waals surface area contributed by atoms with Crippen LogP contribution in [-0.2, 0) is 6.42 Å². The summed E-state index contributed by atoms with van der Waals surface area (Å²) >= 11 is 6.01. The van der Waals surface area contributed by atoms with E-state index in [1.807, 2.05) is 13.0 Å². The Morgan fingerprint density at radius 1 is 1.62 bits per heavy atom. The predicted molar refractivity (Wildman–Crippen MR) is 56.4 cm³/mol. The first kappa shape index (κ1) is 8.85. The van der Waals surface area contributed by atoms with Crippen LogP contribution in [0, 0.1) is 6.92 Å². The Bertz CT molecular complexity index is 336. The second-order valence-electron chi connectivity index (χ2n) is 3.49. The number of hydrogen-bond donors (Lipinski definition) is 2. The Kier molecular flexibility index (Phi) is 2.18. The molecular formula is C10H13ClN2. The number of nitrogens with two attached hydrogens (primary N) is 1. The largest absolute Gasteiger partial charge is 0.380 e. The highest BCUT2D eigenvalue weighted by atomic mass is 35.5. The fourth-order valence-corrected chi connectivity index (χ4v) is 1.93. The molecule has 3 heteroatoms. The third kappa shape index (κ3) is 1.40. The maximum atomic E-state index is 6.01. The molecule has 2 nitrogen and oxygen atoms in total. The van der Waals surface area contributed by atoms with E-state index >= 15 is 0 Å². The molecular weight excluding hydrogens is 184 g/mol. The van der Waals surface area contributed by atoms with Crippen molar-refractivity contribution >= 4 is 17.3 Å². The van der Waals surface area contributed by atoms with E-state index in [1.165, 1.54) is 11.3 Å². The number of nitrogens with one attached hydrogen (secondary N) is 1. The summed E-state index contributed by atoms with van der Waals surface area (Å²) in [5.41, 5.74) is 9.25. The minimum Gasteiger partial charge on any atom is -0.380 e. The van der Waals surface area contributed by atoms with Crippen molar-refractivity contribution in [2.45, 2.75) is 19.4 Å². The SMILES string of the molecule is Cc1c(Cl)ccc2c1NC(CN)C2. The van der Waals surface area contributed by atoms with E-state index in [0.717, 1.165) is 17.0 Å². The topological polar surface area (TPSA) is 38.0 Å². The molecule has 1 aliphatic rings. The third-order valence-electron chi connectivity index (χ3n) is 2.58. The summed E-state index contributed by atoms with van der Waals surface area (Å²) in [7, 11) is 0. The smallest absolute Gasteiger partial charge is 0.0455 e. The second kappa shape index (κ2) is 3.20. The zero-order valence-corrected chi connectivity index (χ0v) is 8.36. The van der Waals surface area contributed by atoms with Crippen LogP contribution in [0.15, 0.2) is 12.1 Å². The Labute approximate surface area is 83.1 Å². The molecule has 0 aliphatic carbocycles.